The molecule has 130 valence electrons. The van der Waals surface area contributed by atoms with Crippen LogP contribution in [0.1, 0.15) is 42.6 Å². The van der Waals surface area contributed by atoms with Crippen LogP contribution in [-0.4, -0.2) is 72.0 Å². The first-order valence-corrected chi connectivity index (χ1v) is 9.20. The molecule has 1 spiro atoms. The number of carbonyl (C=O) groups excluding carboxylic acids is 1. The highest BCUT2D eigenvalue weighted by molar-refractivity contribution is 5.92. The van der Waals surface area contributed by atoms with E-state index in [1.54, 1.807) is 12.4 Å². The molecule has 0 aromatic carbocycles. The number of rotatable bonds is 2. The summed E-state index contributed by atoms with van der Waals surface area (Å²) in [6.07, 6.45) is 9.35. The minimum atomic E-state index is 0.0350. The van der Waals surface area contributed by atoms with Gasteiger partial charge in [0.1, 0.15) is 11.5 Å². The Labute approximate surface area is 143 Å². The fourth-order valence-electron chi connectivity index (χ4n) is 4.47. The number of anilines is 1. The van der Waals surface area contributed by atoms with Crippen LogP contribution < -0.4 is 4.90 Å². The van der Waals surface area contributed by atoms with Gasteiger partial charge in [-0.3, -0.25) is 9.78 Å². The molecule has 0 aliphatic carbocycles. The lowest BCUT2D eigenvalue weighted by Crippen LogP contribution is -2.42. The first-order chi connectivity index (χ1) is 11.7. The molecule has 6 heteroatoms. The van der Waals surface area contributed by atoms with Crippen LogP contribution in [0.5, 0.6) is 0 Å². The second-order valence-electron chi connectivity index (χ2n) is 7.74. The van der Waals surface area contributed by atoms with Gasteiger partial charge in [-0.25, -0.2) is 4.98 Å². The van der Waals surface area contributed by atoms with E-state index in [1.807, 2.05) is 4.90 Å². The van der Waals surface area contributed by atoms with Crippen molar-refractivity contribution < 1.29 is 4.79 Å². The molecular weight excluding hydrogens is 302 g/mol. The Balaban J connectivity index is 1.43. The third-order valence-electron chi connectivity index (χ3n) is 6.01. The van der Waals surface area contributed by atoms with Crippen molar-refractivity contribution in [3.8, 4) is 0 Å². The van der Waals surface area contributed by atoms with E-state index in [0.29, 0.717) is 11.1 Å². The third kappa shape index (κ3) is 2.99. The highest BCUT2D eigenvalue weighted by atomic mass is 16.2. The van der Waals surface area contributed by atoms with Crippen molar-refractivity contribution in [2.75, 3.05) is 51.2 Å². The van der Waals surface area contributed by atoms with Crippen molar-refractivity contribution in [3.05, 3.63) is 18.1 Å². The van der Waals surface area contributed by atoms with Crippen LogP contribution in [-0.2, 0) is 0 Å². The summed E-state index contributed by atoms with van der Waals surface area (Å²) in [4.78, 5) is 28.1. The Morgan fingerprint density at radius 2 is 1.75 bits per heavy atom. The normalized spacial score (nSPS) is 24.0. The van der Waals surface area contributed by atoms with Crippen LogP contribution in [0.25, 0.3) is 0 Å². The van der Waals surface area contributed by atoms with Crippen LogP contribution >= 0.6 is 0 Å². The van der Waals surface area contributed by atoms with E-state index < -0.39 is 0 Å². The second-order valence-corrected chi connectivity index (χ2v) is 7.74. The van der Waals surface area contributed by atoms with Crippen molar-refractivity contribution in [2.45, 2.75) is 32.1 Å². The summed E-state index contributed by atoms with van der Waals surface area (Å²) in [5, 5.41) is 0. The highest BCUT2D eigenvalue weighted by Gasteiger charge is 2.39. The van der Waals surface area contributed by atoms with Gasteiger partial charge in [0.15, 0.2) is 0 Å². The number of hydrogen-bond donors (Lipinski definition) is 0. The Bertz CT molecular complexity index is 605. The quantitative estimate of drug-likeness (QED) is 0.825. The first kappa shape index (κ1) is 15.8. The Morgan fingerprint density at radius 3 is 2.42 bits per heavy atom. The van der Waals surface area contributed by atoms with E-state index in [0.717, 1.165) is 44.8 Å². The maximum Gasteiger partial charge on any atom is 0.274 e. The van der Waals surface area contributed by atoms with Gasteiger partial charge in [0.05, 0.1) is 12.4 Å². The molecule has 1 aromatic rings. The summed E-state index contributed by atoms with van der Waals surface area (Å²) in [5.41, 5.74) is 0.997. The molecule has 1 aromatic heterocycles. The molecule has 0 atom stereocenters. The van der Waals surface area contributed by atoms with Crippen molar-refractivity contribution in [2.24, 2.45) is 5.41 Å². The first-order valence-electron chi connectivity index (χ1n) is 9.20. The van der Waals surface area contributed by atoms with Gasteiger partial charge in [-0.1, -0.05) is 0 Å². The molecule has 6 nitrogen and oxygen atoms in total. The van der Waals surface area contributed by atoms with Crippen molar-refractivity contribution in [1.29, 1.82) is 0 Å². The topological polar surface area (TPSA) is 52.6 Å². The Morgan fingerprint density at radius 1 is 1.04 bits per heavy atom. The van der Waals surface area contributed by atoms with Crippen LogP contribution in [0.4, 0.5) is 5.82 Å². The number of likely N-dealkylation sites (tertiary alicyclic amines) is 2. The minimum absolute atomic E-state index is 0.0350. The van der Waals surface area contributed by atoms with Gasteiger partial charge < -0.3 is 14.7 Å². The second kappa shape index (κ2) is 6.31. The molecule has 4 rings (SSSR count). The zero-order valence-corrected chi connectivity index (χ0v) is 14.6. The fraction of sp³-hybridized carbons (Fsp3) is 0.722. The van der Waals surface area contributed by atoms with Crippen molar-refractivity contribution in [3.63, 3.8) is 0 Å². The van der Waals surface area contributed by atoms with Gasteiger partial charge in [-0.2, -0.15) is 0 Å². The smallest absolute Gasteiger partial charge is 0.274 e. The fourth-order valence-corrected chi connectivity index (χ4v) is 4.47. The molecule has 0 radical (unpaired) electrons. The zero-order chi connectivity index (χ0) is 16.6. The average Bonchev–Trinajstić information content (AvgIpc) is 3.26. The van der Waals surface area contributed by atoms with Crippen molar-refractivity contribution in [1.82, 2.24) is 19.8 Å². The Kier molecular flexibility index (Phi) is 4.16. The number of piperidine rings is 1. The summed E-state index contributed by atoms with van der Waals surface area (Å²) in [5.74, 6) is 0.897. The van der Waals surface area contributed by atoms with E-state index in [2.05, 4.69) is 26.8 Å². The summed E-state index contributed by atoms with van der Waals surface area (Å²) in [6.45, 7) is 6.18. The van der Waals surface area contributed by atoms with Crippen LogP contribution in [0.15, 0.2) is 12.4 Å². The highest BCUT2D eigenvalue weighted by Crippen LogP contribution is 2.40. The summed E-state index contributed by atoms with van der Waals surface area (Å²) in [7, 11) is 2.22. The lowest BCUT2D eigenvalue weighted by atomic mass is 9.78. The molecule has 0 saturated carbocycles. The van der Waals surface area contributed by atoms with E-state index in [9.17, 15) is 4.79 Å². The monoisotopic (exact) mass is 329 g/mol. The minimum Gasteiger partial charge on any atom is -0.355 e. The number of amides is 1. The number of carbonyl (C=O) groups is 1. The summed E-state index contributed by atoms with van der Waals surface area (Å²) in [6, 6.07) is 0. The van der Waals surface area contributed by atoms with Crippen LogP contribution in [0.2, 0.25) is 0 Å². The van der Waals surface area contributed by atoms with E-state index >= 15 is 0 Å². The molecule has 3 saturated heterocycles. The van der Waals surface area contributed by atoms with E-state index in [1.165, 1.54) is 32.4 Å². The van der Waals surface area contributed by atoms with Gasteiger partial charge in [0, 0.05) is 32.7 Å². The molecule has 4 heterocycles. The largest absolute Gasteiger partial charge is 0.355 e. The molecule has 0 bridgehead atoms. The van der Waals surface area contributed by atoms with Crippen LogP contribution in [0.3, 0.4) is 0 Å². The molecular formula is C18H27N5O. The molecule has 24 heavy (non-hydrogen) atoms. The SMILES string of the molecule is CN1CCC2(CCN(c3cncc(C(=O)N4CCCC4)n3)CC2)C1. The zero-order valence-electron chi connectivity index (χ0n) is 14.6. The van der Waals surface area contributed by atoms with Crippen molar-refractivity contribution >= 4 is 11.7 Å². The number of nitrogens with zero attached hydrogens (tertiary/aromatic N) is 5. The van der Waals surface area contributed by atoms with Gasteiger partial charge >= 0.3 is 0 Å². The van der Waals surface area contributed by atoms with Gasteiger partial charge in [-0.15, -0.1) is 0 Å². The standard InChI is InChI=1S/C18H27N5O/c1-21-9-4-18(14-21)5-10-22(11-6-18)16-13-19-12-15(20-16)17(24)23-7-2-3-8-23/h12-13H,2-11,14H2,1H3. The predicted octanol–water partition coefficient (Wildman–Crippen LogP) is 1.63. The lowest BCUT2D eigenvalue weighted by Gasteiger charge is -2.39. The lowest BCUT2D eigenvalue weighted by molar-refractivity contribution is 0.0786. The number of aromatic nitrogens is 2. The van der Waals surface area contributed by atoms with E-state index in [4.69, 9.17) is 0 Å². The Hall–Kier alpha value is -1.69. The molecule has 0 N–H and O–H groups in total. The van der Waals surface area contributed by atoms with Gasteiger partial charge in [0.2, 0.25) is 0 Å². The molecule has 0 unspecified atom stereocenters. The maximum absolute atomic E-state index is 12.5. The molecule has 1 amide bonds. The molecule has 3 fully saturated rings. The third-order valence-corrected chi connectivity index (χ3v) is 6.01. The molecule has 3 aliphatic heterocycles. The number of hydrogen-bond acceptors (Lipinski definition) is 5. The maximum atomic E-state index is 12.5. The van der Waals surface area contributed by atoms with Crippen LogP contribution in [0, 0.1) is 5.41 Å². The predicted molar refractivity (Wildman–Crippen MR) is 93.2 cm³/mol. The summed E-state index contributed by atoms with van der Waals surface area (Å²) < 4.78 is 0. The average molecular weight is 329 g/mol. The molecule has 3 aliphatic rings. The van der Waals surface area contributed by atoms with Gasteiger partial charge in [-0.05, 0) is 51.1 Å². The summed E-state index contributed by atoms with van der Waals surface area (Å²) >= 11 is 0. The van der Waals surface area contributed by atoms with E-state index in [-0.39, 0.29) is 5.91 Å². The van der Waals surface area contributed by atoms with Gasteiger partial charge in [0.25, 0.3) is 5.91 Å².